The average molecular weight is 768 g/mol. The van der Waals surface area contributed by atoms with Gasteiger partial charge >= 0.3 is 243 Å². The van der Waals surface area contributed by atoms with Gasteiger partial charge in [0.15, 0.2) is 0 Å². The molecule has 39 heavy (non-hydrogen) atoms. The number of benzene rings is 2. The first-order valence-electron chi connectivity index (χ1n) is 14.6. The maximum Gasteiger partial charge on any atom is -1.00 e. The zero-order valence-electron chi connectivity index (χ0n) is 25.2. The first-order chi connectivity index (χ1) is 17.7. The van der Waals surface area contributed by atoms with E-state index in [4.69, 9.17) is 0 Å². The molecule has 0 saturated carbocycles. The summed E-state index contributed by atoms with van der Waals surface area (Å²) in [5, 5.41) is 3.76. The predicted octanol–water partition coefficient (Wildman–Crippen LogP) is 5.14. The van der Waals surface area contributed by atoms with Gasteiger partial charge in [-0.25, -0.2) is 0 Å². The Bertz CT molecular complexity index is 1110. The summed E-state index contributed by atoms with van der Waals surface area (Å²) in [5.74, 6) is 1.55. The molecule has 0 aliphatic heterocycles. The Morgan fingerprint density at radius 1 is 0.641 bits per heavy atom. The molecular weight excluding hydrogens is 720 g/mol. The molecule has 0 spiro atoms. The predicted molar refractivity (Wildman–Crippen MR) is 167 cm³/mol. The fourth-order valence-corrected chi connectivity index (χ4v) is 23.7. The number of allylic oxidation sites excluding steroid dienone is 2. The van der Waals surface area contributed by atoms with Crippen molar-refractivity contribution in [2.45, 2.75) is 86.9 Å². The van der Waals surface area contributed by atoms with E-state index in [1.54, 1.807) is 11.1 Å². The SMILES string of the molecule is CCC(C)P(C1=Cc2ccccc2[CH]1[Hf+2][CH]1C(P(CC(C)C)CC(C)C)=Cc2ccccc21)C(C)CC.[Cl-].[Cl-]. The van der Waals surface area contributed by atoms with Crippen LogP contribution in [0.15, 0.2) is 59.2 Å². The number of hydrogen-bond acceptors (Lipinski definition) is 0. The molecule has 0 bridgehead atoms. The van der Waals surface area contributed by atoms with Crippen LogP contribution in [-0.4, -0.2) is 23.6 Å². The molecule has 4 rings (SSSR count). The maximum absolute atomic E-state index is 2.69. The van der Waals surface area contributed by atoms with Crippen LogP contribution in [0.3, 0.4) is 0 Å². The third kappa shape index (κ3) is 8.20. The van der Waals surface area contributed by atoms with E-state index in [2.05, 4.69) is 116 Å². The molecule has 0 N–H and O–H groups in total. The van der Waals surface area contributed by atoms with Crippen molar-refractivity contribution in [2.24, 2.45) is 11.8 Å². The molecular formula is C34H48Cl2HfP2. The quantitative estimate of drug-likeness (QED) is 0.208. The maximum atomic E-state index is 2.69. The fraction of sp³-hybridized carbons (Fsp3) is 0.529. The Hall–Kier alpha value is 0.230. The Kier molecular flexibility index (Phi) is 14.7. The van der Waals surface area contributed by atoms with E-state index in [1.807, 2.05) is 10.6 Å². The Balaban J connectivity index is 0.00000267. The van der Waals surface area contributed by atoms with Crippen LogP contribution >= 0.6 is 15.8 Å². The third-order valence-electron chi connectivity index (χ3n) is 8.11. The minimum atomic E-state index is -1.18. The second kappa shape index (κ2) is 16.2. The topological polar surface area (TPSA) is 0 Å². The molecule has 0 amide bonds. The Labute approximate surface area is 266 Å². The number of rotatable bonds is 12. The van der Waals surface area contributed by atoms with Gasteiger partial charge in [0.2, 0.25) is 0 Å². The van der Waals surface area contributed by atoms with Crippen LogP contribution in [0.4, 0.5) is 0 Å². The summed E-state index contributed by atoms with van der Waals surface area (Å²) in [4.78, 5) is 0. The van der Waals surface area contributed by atoms with Crippen LogP contribution in [0.2, 0.25) is 0 Å². The third-order valence-corrected chi connectivity index (χ3v) is 23.8. The number of fused-ring (bicyclic) bond motifs is 2. The van der Waals surface area contributed by atoms with Crippen molar-refractivity contribution >= 4 is 28.0 Å². The van der Waals surface area contributed by atoms with E-state index in [-0.39, 0.29) is 40.7 Å². The van der Waals surface area contributed by atoms with Crippen LogP contribution in [0.25, 0.3) is 12.2 Å². The molecule has 0 saturated heterocycles. The molecule has 0 fully saturated rings. The van der Waals surface area contributed by atoms with Crippen molar-refractivity contribution in [2.75, 3.05) is 12.3 Å². The molecule has 4 atom stereocenters. The first-order valence-corrected chi connectivity index (χ1v) is 22.0. The molecule has 0 heterocycles. The monoisotopic (exact) mass is 768 g/mol. The molecule has 2 aliphatic carbocycles. The van der Waals surface area contributed by atoms with Crippen molar-refractivity contribution in [3.63, 3.8) is 0 Å². The molecule has 2 aliphatic rings. The van der Waals surface area contributed by atoms with Gasteiger partial charge in [0.05, 0.1) is 0 Å². The second-order valence-corrected chi connectivity index (χ2v) is 22.8. The molecule has 0 aromatic heterocycles. The summed E-state index contributed by atoms with van der Waals surface area (Å²) >= 11 is -1.18. The molecule has 4 unspecified atom stereocenters. The van der Waals surface area contributed by atoms with E-state index in [9.17, 15) is 0 Å². The summed E-state index contributed by atoms with van der Waals surface area (Å²) in [7, 11) is -0.198. The van der Waals surface area contributed by atoms with Gasteiger partial charge in [0, 0.05) is 0 Å². The van der Waals surface area contributed by atoms with Gasteiger partial charge in [-0.05, 0) is 0 Å². The summed E-state index contributed by atoms with van der Waals surface area (Å²) in [6.45, 7) is 19.7. The first kappa shape index (κ1) is 35.4. The second-order valence-electron chi connectivity index (χ2n) is 12.0. The van der Waals surface area contributed by atoms with E-state index in [1.165, 1.54) is 36.3 Å². The van der Waals surface area contributed by atoms with Crippen LogP contribution in [0.1, 0.15) is 97.8 Å². The van der Waals surface area contributed by atoms with Crippen molar-refractivity contribution in [1.82, 2.24) is 0 Å². The van der Waals surface area contributed by atoms with E-state index in [0.29, 0.717) is 0 Å². The fourth-order valence-electron chi connectivity index (χ4n) is 6.13. The minimum absolute atomic E-state index is 0. The van der Waals surface area contributed by atoms with E-state index >= 15 is 0 Å². The van der Waals surface area contributed by atoms with Gasteiger partial charge in [-0.2, -0.15) is 0 Å². The normalized spacial score (nSPS) is 19.9. The van der Waals surface area contributed by atoms with Crippen molar-refractivity contribution in [1.29, 1.82) is 0 Å². The molecule has 0 radical (unpaired) electrons. The summed E-state index contributed by atoms with van der Waals surface area (Å²) in [6.07, 6.45) is 10.8. The Morgan fingerprint density at radius 2 is 1.05 bits per heavy atom. The minimum Gasteiger partial charge on any atom is -1.00 e. The van der Waals surface area contributed by atoms with Gasteiger partial charge in [-0.3, -0.25) is 0 Å². The van der Waals surface area contributed by atoms with Crippen LogP contribution in [-0.2, 0) is 22.9 Å². The van der Waals surface area contributed by atoms with Crippen molar-refractivity contribution in [3.05, 3.63) is 81.4 Å². The van der Waals surface area contributed by atoms with Gasteiger partial charge in [0.1, 0.15) is 0 Å². The summed E-state index contributed by atoms with van der Waals surface area (Å²) < 4.78 is 1.50. The van der Waals surface area contributed by atoms with Gasteiger partial charge in [-0.1, -0.05) is 0 Å². The van der Waals surface area contributed by atoms with Crippen LogP contribution in [0.5, 0.6) is 0 Å². The Morgan fingerprint density at radius 3 is 1.49 bits per heavy atom. The molecule has 2 aromatic carbocycles. The average Bonchev–Trinajstić information content (AvgIpc) is 3.42. The standard InChI is InChI=1S/2C17H24P.2ClH.Hf/c1-13(2)11-18(12-14(3)4)17-9-15-7-5-6-8-16(15)10-17;1-5-13(3)18(14(4)6-2)17-11-15-9-7-8-10-16(15)12-17;;;/h5-10,13-14H,11-12H2,1-4H3;7-14H,5-6H2,1-4H3;2*1H;/q;;;;+2/p-2. The number of hydrogen-bond donors (Lipinski definition) is 0. The van der Waals surface area contributed by atoms with Gasteiger partial charge in [0.25, 0.3) is 0 Å². The zero-order valence-corrected chi connectivity index (χ0v) is 32.1. The number of halogens is 2. The van der Waals surface area contributed by atoms with E-state index in [0.717, 1.165) is 30.5 Å². The van der Waals surface area contributed by atoms with Crippen LogP contribution < -0.4 is 24.8 Å². The van der Waals surface area contributed by atoms with Gasteiger partial charge < -0.3 is 24.8 Å². The zero-order chi connectivity index (χ0) is 26.7. The smallest absolute Gasteiger partial charge is 1.00 e. The molecule has 0 nitrogen and oxygen atoms in total. The summed E-state index contributed by atoms with van der Waals surface area (Å²) in [5.41, 5.74) is 8.06. The van der Waals surface area contributed by atoms with Crippen molar-refractivity contribution < 1.29 is 47.7 Å². The van der Waals surface area contributed by atoms with Gasteiger partial charge in [-0.15, -0.1) is 0 Å². The molecule has 212 valence electrons. The largest absolute Gasteiger partial charge is 1.00 e. The van der Waals surface area contributed by atoms with E-state index < -0.39 is 22.9 Å². The molecule has 2 aromatic rings. The summed E-state index contributed by atoms with van der Waals surface area (Å²) in [6, 6.07) is 18.9. The van der Waals surface area contributed by atoms with Crippen LogP contribution in [0, 0.1) is 11.8 Å². The van der Waals surface area contributed by atoms with Crippen molar-refractivity contribution in [3.8, 4) is 0 Å². The molecule has 5 heteroatoms.